The fourth-order valence-corrected chi connectivity index (χ4v) is 2.49. The third kappa shape index (κ3) is 3.47. The Morgan fingerprint density at radius 3 is 2.70 bits per heavy atom. The lowest BCUT2D eigenvalue weighted by atomic mass is 10.1. The van der Waals surface area contributed by atoms with Gasteiger partial charge in [-0.25, -0.2) is 10.1 Å². The van der Waals surface area contributed by atoms with E-state index in [1.807, 2.05) is 0 Å². The quantitative estimate of drug-likeness (QED) is 0.265. The molecule has 0 atom stereocenters. The van der Waals surface area contributed by atoms with E-state index >= 15 is 0 Å². The summed E-state index contributed by atoms with van der Waals surface area (Å²) in [5.41, 5.74) is 8.97. The maximum Gasteiger partial charge on any atom is 0.294 e. The van der Waals surface area contributed by atoms with Crippen molar-refractivity contribution in [2.45, 2.75) is 0 Å². The molecular formula is C16H11N9O5. The van der Waals surface area contributed by atoms with E-state index in [1.165, 1.54) is 43.0 Å². The van der Waals surface area contributed by atoms with Crippen LogP contribution >= 0.6 is 0 Å². The number of nitrogens with two attached hydrogens (primary N) is 1. The topological polar surface area (TPSA) is 193 Å². The number of amides is 1. The molecule has 4 rings (SSSR count). The Labute approximate surface area is 166 Å². The highest BCUT2D eigenvalue weighted by Gasteiger charge is 2.25. The Morgan fingerprint density at radius 1 is 1.27 bits per heavy atom. The van der Waals surface area contributed by atoms with Gasteiger partial charge < -0.3 is 10.2 Å². The molecule has 3 aromatic heterocycles. The molecule has 0 aliphatic heterocycles. The molecule has 1 amide bonds. The molecule has 3 N–H and O–H groups in total. The number of nitrogen functional groups attached to an aromatic ring is 1. The van der Waals surface area contributed by atoms with E-state index in [-0.39, 0.29) is 28.7 Å². The van der Waals surface area contributed by atoms with Crippen molar-refractivity contribution in [3.8, 4) is 17.1 Å². The molecule has 0 spiro atoms. The Kier molecular flexibility index (Phi) is 4.70. The van der Waals surface area contributed by atoms with E-state index in [0.29, 0.717) is 11.1 Å². The van der Waals surface area contributed by atoms with Crippen LogP contribution in [-0.4, -0.2) is 42.4 Å². The fourth-order valence-electron chi connectivity index (χ4n) is 2.49. The number of rotatable bonds is 6. The van der Waals surface area contributed by atoms with Crippen LogP contribution in [0.4, 0.5) is 11.5 Å². The van der Waals surface area contributed by atoms with Crippen LogP contribution in [0.2, 0.25) is 0 Å². The van der Waals surface area contributed by atoms with Crippen molar-refractivity contribution in [2.24, 2.45) is 5.10 Å². The molecule has 14 nitrogen and oxygen atoms in total. The number of furan rings is 1. The summed E-state index contributed by atoms with van der Waals surface area (Å²) < 4.78 is 10.6. The number of hydrogen-bond acceptors (Lipinski definition) is 11. The smallest absolute Gasteiger partial charge is 0.294 e. The average molecular weight is 409 g/mol. The number of benzene rings is 1. The second-order valence-corrected chi connectivity index (χ2v) is 5.73. The van der Waals surface area contributed by atoms with Gasteiger partial charge in [0, 0.05) is 23.3 Å². The zero-order chi connectivity index (χ0) is 21.1. The molecule has 0 saturated carbocycles. The molecule has 0 bridgehead atoms. The van der Waals surface area contributed by atoms with E-state index in [2.05, 4.69) is 35.8 Å². The van der Waals surface area contributed by atoms with Crippen molar-refractivity contribution in [2.75, 3.05) is 5.73 Å². The number of nitrogens with zero attached hydrogens (tertiary/aromatic N) is 7. The summed E-state index contributed by atoms with van der Waals surface area (Å²) in [5, 5.41) is 29.7. The zero-order valence-electron chi connectivity index (χ0n) is 14.9. The second-order valence-electron chi connectivity index (χ2n) is 5.73. The van der Waals surface area contributed by atoms with E-state index < -0.39 is 10.8 Å². The molecule has 0 saturated heterocycles. The maximum atomic E-state index is 12.6. The minimum atomic E-state index is -0.690. The highest BCUT2D eigenvalue weighted by Crippen LogP contribution is 2.28. The van der Waals surface area contributed by atoms with Crippen LogP contribution in [-0.2, 0) is 0 Å². The number of aromatic nitrogens is 5. The summed E-state index contributed by atoms with van der Waals surface area (Å²) in [5.74, 6) is -0.783. The van der Waals surface area contributed by atoms with Crippen molar-refractivity contribution >= 4 is 23.6 Å². The van der Waals surface area contributed by atoms with Gasteiger partial charge in [-0.3, -0.25) is 14.9 Å². The van der Waals surface area contributed by atoms with Gasteiger partial charge in [0.2, 0.25) is 11.6 Å². The minimum absolute atomic E-state index is 0.00296. The molecule has 0 radical (unpaired) electrons. The Bertz CT molecular complexity index is 1220. The number of non-ortho nitro benzene ring substituents is 1. The summed E-state index contributed by atoms with van der Waals surface area (Å²) in [6, 6.07) is 7.06. The van der Waals surface area contributed by atoms with Crippen LogP contribution in [0.1, 0.15) is 16.1 Å². The van der Waals surface area contributed by atoms with Gasteiger partial charge in [-0.15, -0.1) is 5.10 Å². The van der Waals surface area contributed by atoms with Gasteiger partial charge in [-0.05, 0) is 28.5 Å². The molecule has 1 aromatic carbocycles. The van der Waals surface area contributed by atoms with Crippen molar-refractivity contribution in [1.82, 2.24) is 30.7 Å². The maximum absolute atomic E-state index is 12.6. The van der Waals surface area contributed by atoms with E-state index in [0.717, 1.165) is 4.68 Å². The number of nitrogens with one attached hydrogen (secondary N) is 1. The predicted molar refractivity (Wildman–Crippen MR) is 99.5 cm³/mol. The predicted octanol–water partition coefficient (Wildman–Crippen LogP) is 1.16. The Hall–Kier alpha value is -4.88. The van der Waals surface area contributed by atoms with Crippen molar-refractivity contribution < 1.29 is 18.8 Å². The lowest BCUT2D eigenvalue weighted by Gasteiger charge is -2.05. The number of carbonyl (C=O) groups is 1. The molecule has 0 aliphatic rings. The van der Waals surface area contributed by atoms with E-state index in [1.54, 1.807) is 6.07 Å². The lowest BCUT2D eigenvalue weighted by molar-refractivity contribution is -0.384. The molecule has 0 unspecified atom stereocenters. The normalized spacial score (nSPS) is 11.1. The number of carbonyl (C=O) groups excluding carboxylic acids is 1. The van der Waals surface area contributed by atoms with Gasteiger partial charge in [0.25, 0.3) is 11.6 Å². The standard InChI is InChI=1S/C16H11N9O5/c17-14-15(22-30-21-14)24-13(10-1-3-11(4-2-10)25(27)28)12(19-23-24)16(26)20-18-7-9-5-6-29-8-9/h1-8H,(H2,17,21)(H,20,26). The first-order valence-electron chi connectivity index (χ1n) is 8.19. The van der Waals surface area contributed by atoms with Crippen LogP contribution in [0.25, 0.3) is 17.1 Å². The second kappa shape index (κ2) is 7.63. The Morgan fingerprint density at radius 2 is 2.07 bits per heavy atom. The third-order valence-corrected chi connectivity index (χ3v) is 3.86. The first kappa shape index (κ1) is 18.5. The molecule has 14 heteroatoms. The van der Waals surface area contributed by atoms with Gasteiger partial charge in [-0.1, -0.05) is 5.21 Å². The Balaban J connectivity index is 1.73. The number of hydrazone groups is 1. The summed E-state index contributed by atoms with van der Waals surface area (Å²) in [7, 11) is 0. The summed E-state index contributed by atoms with van der Waals surface area (Å²) in [4.78, 5) is 23.0. The van der Waals surface area contributed by atoms with Crippen LogP contribution in [0.5, 0.6) is 0 Å². The SMILES string of the molecule is Nc1nonc1-n1nnc(C(=O)NN=Cc2ccoc2)c1-c1ccc([N+](=O)[O-])cc1. The average Bonchev–Trinajstić information content (AvgIpc) is 3.48. The van der Waals surface area contributed by atoms with Gasteiger partial charge in [0.15, 0.2) is 5.69 Å². The van der Waals surface area contributed by atoms with E-state index in [4.69, 9.17) is 10.2 Å². The fraction of sp³-hybridized carbons (Fsp3) is 0. The lowest BCUT2D eigenvalue weighted by Crippen LogP contribution is -2.19. The van der Waals surface area contributed by atoms with Crippen LogP contribution in [0.3, 0.4) is 0 Å². The summed E-state index contributed by atoms with van der Waals surface area (Å²) >= 11 is 0. The molecule has 0 aliphatic carbocycles. The molecule has 0 fully saturated rings. The minimum Gasteiger partial charge on any atom is -0.472 e. The van der Waals surface area contributed by atoms with Crippen LogP contribution in [0, 0.1) is 10.1 Å². The number of hydrogen-bond donors (Lipinski definition) is 2. The van der Waals surface area contributed by atoms with Crippen LogP contribution < -0.4 is 11.2 Å². The highest BCUT2D eigenvalue weighted by atomic mass is 16.6. The van der Waals surface area contributed by atoms with Crippen molar-refractivity contribution in [1.29, 1.82) is 0 Å². The highest BCUT2D eigenvalue weighted by molar-refractivity contribution is 5.98. The largest absolute Gasteiger partial charge is 0.472 e. The van der Waals surface area contributed by atoms with Crippen molar-refractivity contribution in [3.05, 3.63) is 64.2 Å². The number of nitro benzene ring substituents is 1. The third-order valence-electron chi connectivity index (χ3n) is 3.86. The van der Waals surface area contributed by atoms with Gasteiger partial charge in [-0.2, -0.15) is 9.78 Å². The molecule has 30 heavy (non-hydrogen) atoms. The van der Waals surface area contributed by atoms with Gasteiger partial charge >= 0.3 is 0 Å². The number of nitro groups is 1. The van der Waals surface area contributed by atoms with Crippen LogP contribution in [0.15, 0.2) is 57.0 Å². The van der Waals surface area contributed by atoms with E-state index in [9.17, 15) is 14.9 Å². The van der Waals surface area contributed by atoms with Crippen molar-refractivity contribution in [3.63, 3.8) is 0 Å². The summed E-state index contributed by atoms with van der Waals surface area (Å²) in [6.07, 6.45) is 4.27. The van der Waals surface area contributed by atoms with Gasteiger partial charge in [0.1, 0.15) is 5.69 Å². The summed E-state index contributed by atoms with van der Waals surface area (Å²) in [6.45, 7) is 0. The molecule has 3 heterocycles. The zero-order valence-corrected chi connectivity index (χ0v) is 14.9. The first-order valence-corrected chi connectivity index (χ1v) is 8.19. The van der Waals surface area contributed by atoms with Gasteiger partial charge in [0.05, 0.1) is 23.7 Å². The number of anilines is 1. The first-order chi connectivity index (χ1) is 14.5. The molecule has 150 valence electrons. The molecule has 4 aromatic rings. The molecular weight excluding hydrogens is 398 g/mol. The monoisotopic (exact) mass is 409 g/mol.